The van der Waals surface area contributed by atoms with Crippen molar-refractivity contribution in [1.29, 1.82) is 0 Å². The minimum absolute atomic E-state index is 0.0978. The number of esters is 1. The number of nitrogens with zero attached hydrogens (tertiary/aromatic N) is 2. The van der Waals surface area contributed by atoms with Gasteiger partial charge in [0.05, 0.1) is 28.0 Å². The lowest BCUT2D eigenvalue weighted by molar-refractivity contribution is -0.136. The average Bonchev–Trinajstić information content (AvgIpc) is 3.15. The van der Waals surface area contributed by atoms with Crippen LogP contribution in [0.4, 0.5) is 14.5 Å². The van der Waals surface area contributed by atoms with Crippen molar-refractivity contribution >= 4 is 33.5 Å². The number of fused-ring (bicyclic) bond motifs is 6. The molecule has 146 valence electrons. The van der Waals surface area contributed by atoms with Crippen molar-refractivity contribution in [3.05, 3.63) is 88.9 Å². The molecular weight excluding hydrogens is 388 g/mol. The van der Waals surface area contributed by atoms with Crippen LogP contribution in [0.2, 0.25) is 0 Å². The van der Waals surface area contributed by atoms with E-state index < -0.39 is 23.5 Å². The van der Waals surface area contributed by atoms with Crippen LogP contribution in [0.15, 0.2) is 66.1 Å². The van der Waals surface area contributed by atoms with E-state index >= 15 is 0 Å². The van der Waals surface area contributed by atoms with Gasteiger partial charge in [-0.25, -0.2) is 13.6 Å². The van der Waals surface area contributed by atoms with Gasteiger partial charge in [-0.1, -0.05) is 12.1 Å². The Morgan fingerprint density at radius 3 is 2.47 bits per heavy atom. The lowest BCUT2D eigenvalue weighted by Gasteiger charge is -2.29. The second-order valence-electron chi connectivity index (χ2n) is 7.29. The Hall–Kier alpha value is -3.87. The van der Waals surface area contributed by atoms with Crippen molar-refractivity contribution in [2.45, 2.75) is 5.92 Å². The first-order chi connectivity index (χ1) is 14.6. The summed E-state index contributed by atoms with van der Waals surface area (Å²) in [7, 11) is 0. The molecule has 2 aliphatic rings. The van der Waals surface area contributed by atoms with E-state index in [1.165, 1.54) is 6.07 Å². The summed E-state index contributed by atoms with van der Waals surface area (Å²) in [5, 5.41) is 4.96. The van der Waals surface area contributed by atoms with E-state index in [2.05, 4.69) is 15.3 Å². The molecule has 0 saturated carbocycles. The molecular formula is C23H13F2N3O2. The molecule has 0 bridgehead atoms. The van der Waals surface area contributed by atoms with E-state index in [1.807, 2.05) is 18.2 Å². The van der Waals surface area contributed by atoms with Gasteiger partial charge in [-0.3, -0.25) is 9.97 Å². The summed E-state index contributed by atoms with van der Waals surface area (Å²) in [6.07, 6.45) is 3.38. The van der Waals surface area contributed by atoms with Crippen LogP contribution in [0.1, 0.15) is 17.0 Å². The van der Waals surface area contributed by atoms with Crippen LogP contribution in [0.5, 0.6) is 0 Å². The predicted molar refractivity (Wildman–Crippen MR) is 107 cm³/mol. The number of halogens is 2. The number of ether oxygens (including phenoxy) is 1. The van der Waals surface area contributed by atoms with Crippen LogP contribution in [0, 0.1) is 11.6 Å². The molecule has 0 saturated heterocycles. The Kier molecular flexibility index (Phi) is 3.44. The van der Waals surface area contributed by atoms with E-state index in [-0.39, 0.29) is 6.61 Å². The van der Waals surface area contributed by atoms with Crippen molar-refractivity contribution in [2.75, 3.05) is 11.9 Å². The Balaban J connectivity index is 1.77. The molecule has 2 aromatic heterocycles. The number of benzene rings is 2. The zero-order valence-electron chi connectivity index (χ0n) is 15.4. The van der Waals surface area contributed by atoms with Crippen LogP contribution in [0.25, 0.3) is 21.8 Å². The lowest BCUT2D eigenvalue weighted by atomic mass is 9.78. The Labute approximate surface area is 169 Å². The van der Waals surface area contributed by atoms with Gasteiger partial charge in [0.2, 0.25) is 0 Å². The van der Waals surface area contributed by atoms with E-state index in [0.29, 0.717) is 22.4 Å². The van der Waals surface area contributed by atoms with Gasteiger partial charge in [0.15, 0.2) is 11.6 Å². The minimum atomic E-state index is -0.967. The fourth-order valence-corrected chi connectivity index (χ4v) is 4.45. The largest absolute Gasteiger partial charge is 0.456 e. The van der Waals surface area contributed by atoms with Crippen molar-refractivity contribution in [3.63, 3.8) is 0 Å². The highest BCUT2D eigenvalue weighted by molar-refractivity contribution is 6.14. The van der Waals surface area contributed by atoms with E-state index in [9.17, 15) is 13.6 Å². The van der Waals surface area contributed by atoms with Gasteiger partial charge in [-0.15, -0.1) is 0 Å². The maximum absolute atomic E-state index is 14.2. The molecule has 2 aromatic carbocycles. The van der Waals surface area contributed by atoms with Crippen LogP contribution in [0.3, 0.4) is 0 Å². The van der Waals surface area contributed by atoms with Gasteiger partial charge in [-0.05, 0) is 41.5 Å². The summed E-state index contributed by atoms with van der Waals surface area (Å²) in [4.78, 5) is 21.7. The summed E-state index contributed by atoms with van der Waals surface area (Å²) in [6.45, 7) is 0.0978. The van der Waals surface area contributed by atoms with Crippen molar-refractivity contribution in [2.24, 2.45) is 0 Å². The third-order valence-electron chi connectivity index (χ3n) is 5.69. The Bertz CT molecular complexity index is 1430. The van der Waals surface area contributed by atoms with Gasteiger partial charge in [-0.2, -0.15) is 0 Å². The second-order valence-corrected chi connectivity index (χ2v) is 7.29. The van der Waals surface area contributed by atoms with Gasteiger partial charge in [0.25, 0.3) is 0 Å². The number of anilines is 1. The molecule has 4 aromatic rings. The first-order valence-electron chi connectivity index (χ1n) is 9.41. The molecule has 7 heteroatoms. The molecule has 0 aliphatic carbocycles. The van der Waals surface area contributed by atoms with Crippen molar-refractivity contribution in [3.8, 4) is 0 Å². The monoisotopic (exact) mass is 401 g/mol. The summed E-state index contributed by atoms with van der Waals surface area (Å²) in [5.74, 6) is -3.00. The fraction of sp³-hybridized carbons (Fsp3) is 0.0870. The topological polar surface area (TPSA) is 64.1 Å². The normalized spacial score (nSPS) is 17.7. The predicted octanol–water partition coefficient (Wildman–Crippen LogP) is 4.43. The summed E-state index contributed by atoms with van der Waals surface area (Å²) in [5.41, 5.74) is 4.43. The van der Waals surface area contributed by atoms with Crippen molar-refractivity contribution < 1.29 is 18.3 Å². The zero-order chi connectivity index (χ0) is 20.4. The number of carbonyl (C=O) groups excluding carboxylic acids is 1. The molecule has 1 atom stereocenters. The highest BCUT2D eigenvalue weighted by atomic mass is 19.2. The number of nitrogens with one attached hydrogen (secondary N) is 1. The molecule has 0 amide bonds. The lowest BCUT2D eigenvalue weighted by Crippen LogP contribution is -2.21. The number of aromatic nitrogens is 2. The van der Waals surface area contributed by atoms with E-state index in [4.69, 9.17) is 4.74 Å². The standard InChI is InChI=1S/C23H13F2N3O2/c24-14-6-5-11(9-15(14)25)17-18-12-3-1-7-26-21(12)22-13(4-2-8-27-22)20(18)28-16-10-30-23(29)19(16)17/h1-9,17,28H,10H2. The van der Waals surface area contributed by atoms with Gasteiger partial charge < -0.3 is 10.1 Å². The fourth-order valence-electron chi connectivity index (χ4n) is 4.45. The van der Waals surface area contributed by atoms with Gasteiger partial charge in [0, 0.05) is 29.1 Å². The molecule has 5 nitrogen and oxygen atoms in total. The molecule has 0 spiro atoms. The molecule has 1 N–H and O–H groups in total. The van der Waals surface area contributed by atoms with E-state index in [1.54, 1.807) is 18.5 Å². The summed E-state index contributed by atoms with van der Waals surface area (Å²) >= 11 is 0. The maximum atomic E-state index is 14.2. The second kappa shape index (κ2) is 6.06. The number of rotatable bonds is 1. The molecule has 0 radical (unpaired) electrons. The molecule has 1 unspecified atom stereocenters. The number of hydrogen-bond acceptors (Lipinski definition) is 5. The Morgan fingerprint density at radius 1 is 0.967 bits per heavy atom. The van der Waals surface area contributed by atoms with Crippen LogP contribution in [-0.2, 0) is 9.53 Å². The van der Waals surface area contributed by atoms with Crippen LogP contribution >= 0.6 is 0 Å². The van der Waals surface area contributed by atoms with Gasteiger partial charge >= 0.3 is 5.97 Å². The number of pyridine rings is 2. The number of carbonyl (C=O) groups is 1. The third kappa shape index (κ3) is 2.23. The van der Waals surface area contributed by atoms with Gasteiger partial charge in [0.1, 0.15) is 6.61 Å². The quantitative estimate of drug-likeness (QED) is 0.378. The van der Waals surface area contributed by atoms with E-state index in [0.717, 1.165) is 39.7 Å². The SMILES string of the molecule is O=C1OCC2=C1C(c1ccc(F)c(F)c1)c1c(c3cccnc3c3ncccc13)N2. The first-order valence-corrected chi connectivity index (χ1v) is 9.41. The summed E-state index contributed by atoms with van der Waals surface area (Å²) in [6, 6.07) is 11.2. The summed E-state index contributed by atoms with van der Waals surface area (Å²) < 4.78 is 33.1. The van der Waals surface area contributed by atoms with Crippen LogP contribution in [-0.4, -0.2) is 22.5 Å². The van der Waals surface area contributed by atoms with Crippen LogP contribution < -0.4 is 5.32 Å². The molecule has 4 heterocycles. The average molecular weight is 401 g/mol. The molecule has 0 fully saturated rings. The maximum Gasteiger partial charge on any atom is 0.337 e. The smallest absolute Gasteiger partial charge is 0.337 e. The molecule has 2 aliphatic heterocycles. The number of cyclic esters (lactones) is 1. The third-order valence-corrected chi connectivity index (χ3v) is 5.69. The highest BCUT2D eigenvalue weighted by Crippen LogP contribution is 2.49. The highest BCUT2D eigenvalue weighted by Gasteiger charge is 2.40. The first kappa shape index (κ1) is 17.0. The number of hydrogen-bond donors (Lipinski definition) is 1. The zero-order valence-corrected chi connectivity index (χ0v) is 15.4. The Morgan fingerprint density at radius 2 is 1.70 bits per heavy atom. The minimum Gasteiger partial charge on any atom is -0.456 e. The molecule has 6 rings (SSSR count). The molecule has 30 heavy (non-hydrogen) atoms. The van der Waals surface area contributed by atoms with Crippen molar-refractivity contribution in [1.82, 2.24) is 9.97 Å².